The van der Waals surface area contributed by atoms with Gasteiger partial charge in [-0.2, -0.15) is 0 Å². The molecule has 2 fully saturated rings. The summed E-state index contributed by atoms with van der Waals surface area (Å²) in [7, 11) is 0. The van der Waals surface area contributed by atoms with Crippen molar-refractivity contribution in [2.45, 2.75) is 103 Å². The summed E-state index contributed by atoms with van der Waals surface area (Å²) in [6.45, 7) is 11.7. The minimum absolute atomic E-state index is 0.113. The van der Waals surface area contributed by atoms with Gasteiger partial charge in [0.25, 0.3) is 0 Å². The molecule has 10 unspecified atom stereocenters. The van der Waals surface area contributed by atoms with Crippen LogP contribution in [0.5, 0.6) is 0 Å². The van der Waals surface area contributed by atoms with E-state index in [-0.39, 0.29) is 42.5 Å². The Morgan fingerprint density at radius 1 is 1.26 bits per heavy atom. The molecule has 8 heteroatoms. The predicted octanol–water partition coefficient (Wildman–Crippen LogP) is 3.82. The first-order chi connectivity index (χ1) is 18.0. The number of epoxide rings is 2. The minimum atomic E-state index is -1.04. The molecule has 1 spiro atoms. The monoisotopic (exact) mass is 532 g/mol. The molecule has 38 heavy (non-hydrogen) atoms. The van der Waals surface area contributed by atoms with Crippen LogP contribution in [0.15, 0.2) is 48.1 Å². The molecule has 3 heterocycles. The van der Waals surface area contributed by atoms with E-state index in [0.29, 0.717) is 6.61 Å². The number of hydrogen-bond donors (Lipinski definition) is 2. The van der Waals surface area contributed by atoms with Crippen LogP contribution in [-0.2, 0) is 28.5 Å². The first-order valence-corrected chi connectivity index (χ1v) is 13.7. The normalized spacial score (nSPS) is 37.9. The maximum atomic E-state index is 12.6. The van der Waals surface area contributed by atoms with Gasteiger partial charge >= 0.3 is 11.9 Å². The molecule has 0 aromatic carbocycles. The molecule has 212 valence electrons. The van der Waals surface area contributed by atoms with Crippen molar-refractivity contribution >= 4 is 11.9 Å². The summed E-state index contributed by atoms with van der Waals surface area (Å²) in [5, 5.41) is 20.4. The van der Waals surface area contributed by atoms with Crippen LogP contribution in [0.25, 0.3) is 0 Å². The zero-order valence-corrected chi connectivity index (χ0v) is 23.4. The smallest absolute Gasteiger partial charge is 0.309 e. The van der Waals surface area contributed by atoms with Gasteiger partial charge in [0.2, 0.25) is 0 Å². The predicted molar refractivity (Wildman–Crippen MR) is 143 cm³/mol. The first kappa shape index (κ1) is 30.3. The van der Waals surface area contributed by atoms with Crippen molar-refractivity contribution in [3.8, 4) is 0 Å². The number of hydrogen-bond acceptors (Lipinski definition) is 8. The van der Waals surface area contributed by atoms with E-state index in [9.17, 15) is 19.8 Å². The van der Waals surface area contributed by atoms with Crippen LogP contribution < -0.4 is 0 Å². The average molecular weight is 533 g/mol. The fourth-order valence-electron chi connectivity index (χ4n) is 4.95. The highest BCUT2D eigenvalue weighted by Crippen LogP contribution is 2.37. The number of carbonyl (C=O) groups excluding carboxylic acids is 2. The molecule has 3 rings (SSSR count). The number of aliphatic hydroxyl groups is 2. The molecular formula is C30H44O8. The number of allylic oxidation sites excluding steroid dienone is 3. The van der Waals surface area contributed by atoms with E-state index >= 15 is 0 Å². The summed E-state index contributed by atoms with van der Waals surface area (Å²) in [6, 6.07) is 0. The molecule has 0 aromatic heterocycles. The van der Waals surface area contributed by atoms with Gasteiger partial charge in [0.05, 0.1) is 37.4 Å². The molecule has 3 aliphatic heterocycles. The van der Waals surface area contributed by atoms with E-state index in [1.54, 1.807) is 12.2 Å². The molecule has 0 radical (unpaired) electrons. The number of esters is 2. The lowest BCUT2D eigenvalue weighted by atomic mass is 9.93. The Kier molecular flexibility index (Phi) is 10.5. The second-order valence-electron chi connectivity index (χ2n) is 11.0. The molecule has 0 saturated carbocycles. The van der Waals surface area contributed by atoms with Crippen LogP contribution in [0.2, 0.25) is 0 Å². The van der Waals surface area contributed by atoms with Crippen LogP contribution >= 0.6 is 0 Å². The third kappa shape index (κ3) is 8.37. The van der Waals surface area contributed by atoms with Crippen molar-refractivity contribution in [2.75, 3.05) is 6.61 Å². The summed E-state index contributed by atoms with van der Waals surface area (Å²) in [5.41, 5.74) is 0.0183. The van der Waals surface area contributed by atoms with Crippen molar-refractivity contribution in [3.63, 3.8) is 0 Å². The Bertz CT molecular complexity index is 946. The minimum Gasteiger partial charge on any atom is -0.457 e. The van der Waals surface area contributed by atoms with E-state index in [0.717, 1.165) is 18.4 Å². The van der Waals surface area contributed by atoms with Crippen LogP contribution in [0.1, 0.15) is 60.8 Å². The summed E-state index contributed by atoms with van der Waals surface area (Å²) >= 11 is 0. The van der Waals surface area contributed by atoms with Crippen LogP contribution in [0, 0.1) is 17.8 Å². The number of ether oxygens (including phenoxy) is 4. The van der Waals surface area contributed by atoms with E-state index < -0.39 is 35.9 Å². The fourth-order valence-corrected chi connectivity index (χ4v) is 4.95. The van der Waals surface area contributed by atoms with Gasteiger partial charge in [-0.3, -0.25) is 9.59 Å². The molecule has 2 saturated heterocycles. The third-order valence-electron chi connectivity index (χ3n) is 7.57. The topological polar surface area (TPSA) is 118 Å². The molecule has 3 aliphatic rings. The van der Waals surface area contributed by atoms with Gasteiger partial charge in [-0.15, -0.1) is 0 Å². The van der Waals surface area contributed by atoms with Crippen molar-refractivity contribution in [1.82, 2.24) is 0 Å². The van der Waals surface area contributed by atoms with Crippen LogP contribution in [-0.4, -0.2) is 71.0 Å². The maximum Gasteiger partial charge on any atom is 0.309 e. The molecule has 0 aromatic rings. The summed E-state index contributed by atoms with van der Waals surface area (Å²) < 4.78 is 22.7. The van der Waals surface area contributed by atoms with Crippen molar-refractivity contribution < 1.29 is 38.7 Å². The van der Waals surface area contributed by atoms with Gasteiger partial charge in [0.1, 0.15) is 6.10 Å². The van der Waals surface area contributed by atoms with Gasteiger partial charge in [-0.05, 0) is 43.4 Å². The molecular weight excluding hydrogens is 488 g/mol. The summed E-state index contributed by atoms with van der Waals surface area (Å²) in [5.74, 6) is -0.745. The lowest BCUT2D eigenvalue weighted by Crippen LogP contribution is -2.33. The summed E-state index contributed by atoms with van der Waals surface area (Å²) in [6.07, 6.45) is 11.9. The number of carbonyl (C=O) groups is 2. The van der Waals surface area contributed by atoms with Crippen LogP contribution in [0.3, 0.4) is 0 Å². The van der Waals surface area contributed by atoms with E-state index in [1.807, 2.05) is 45.9 Å². The molecule has 0 aliphatic carbocycles. The second-order valence-corrected chi connectivity index (χ2v) is 11.0. The van der Waals surface area contributed by atoms with E-state index in [4.69, 9.17) is 18.9 Å². The maximum absolute atomic E-state index is 12.6. The Hall–Kier alpha value is -2.26. The van der Waals surface area contributed by atoms with Gasteiger partial charge in [0, 0.05) is 18.8 Å². The van der Waals surface area contributed by atoms with Crippen molar-refractivity contribution in [1.29, 1.82) is 0 Å². The molecule has 10 atom stereocenters. The highest BCUT2D eigenvalue weighted by molar-refractivity contribution is 5.71. The standard InChI is InChI=1S/C30H44O8/c1-7-24(33)21(5)29-25(37-29)15-18(2)9-8-10-19(3)28-20(4)11-12-26(36-22(6)31)30(17-35-30)14-13-23(32)16-27(34)38-28/h8-14,18,20-21,23-26,28-29,32-33H,7,15-17H2,1-6H3/b9-8+,12-11-,14-13-,19-10+. The van der Waals surface area contributed by atoms with E-state index in [2.05, 4.69) is 13.0 Å². The Labute approximate surface area is 226 Å². The Morgan fingerprint density at radius 3 is 2.61 bits per heavy atom. The Balaban J connectivity index is 1.68. The lowest BCUT2D eigenvalue weighted by Gasteiger charge is -2.25. The quantitative estimate of drug-likeness (QED) is 0.199. The molecule has 2 N–H and O–H groups in total. The van der Waals surface area contributed by atoms with Gasteiger partial charge in [-0.1, -0.05) is 58.1 Å². The molecule has 8 nitrogen and oxygen atoms in total. The fraction of sp³-hybridized carbons (Fsp3) is 0.667. The third-order valence-corrected chi connectivity index (χ3v) is 7.57. The highest BCUT2D eigenvalue weighted by Gasteiger charge is 2.51. The van der Waals surface area contributed by atoms with Crippen molar-refractivity contribution in [2.24, 2.45) is 17.8 Å². The number of rotatable bonds is 9. The molecule has 0 amide bonds. The van der Waals surface area contributed by atoms with Gasteiger partial charge in [-0.25, -0.2) is 0 Å². The molecule has 0 bridgehead atoms. The SMILES string of the molecule is CCC(O)C(C)C1OC1CC(C)/C=C/C=C(\C)C1OC(=O)CC(O)/C=C\C2(CO2)C(OC(C)=O)/C=C\C1C. The van der Waals surface area contributed by atoms with E-state index in [1.165, 1.54) is 13.0 Å². The average Bonchev–Trinajstić information content (AvgIpc) is 3.78. The zero-order chi connectivity index (χ0) is 28.0. The second kappa shape index (κ2) is 13.2. The Morgan fingerprint density at radius 2 is 1.97 bits per heavy atom. The largest absolute Gasteiger partial charge is 0.457 e. The van der Waals surface area contributed by atoms with Gasteiger partial charge < -0.3 is 29.2 Å². The van der Waals surface area contributed by atoms with Gasteiger partial charge in [0.15, 0.2) is 11.7 Å². The lowest BCUT2D eigenvalue weighted by molar-refractivity contribution is -0.150. The zero-order valence-electron chi connectivity index (χ0n) is 23.4. The summed E-state index contributed by atoms with van der Waals surface area (Å²) in [4.78, 5) is 24.3. The number of cyclic esters (lactones) is 1. The van der Waals surface area contributed by atoms with Crippen molar-refractivity contribution in [3.05, 3.63) is 48.1 Å². The highest BCUT2D eigenvalue weighted by atomic mass is 16.6. The first-order valence-electron chi connectivity index (χ1n) is 13.7. The van der Waals surface area contributed by atoms with Crippen LogP contribution in [0.4, 0.5) is 0 Å². The number of aliphatic hydroxyl groups excluding tert-OH is 2.